The molecule has 0 aromatic heterocycles. The van der Waals surface area contributed by atoms with Crippen LogP contribution in [0.2, 0.25) is 0 Å². The van der Waals surface area contributed by atoms with E-state index in [0.717, 1.165) is 0 Å². The molecule has 0 aliphatic carbocycles. The summed E-state index contributed by atoms with van der Waals surface area (Å²) in [7, 11) is 0. The van der Waals surface area contributed by atoms with Crippen LogP contribution in [0.4, 0.5) is 4.39 Å². The molecule has 1 aromatic carbocycles. The van der Waals surface area contributed by atoms with E-state index in [1.54, 1.807) is 13.8 Å². The molecule has 0 radical (unpaired) electrons. The molecule has 88 valence electrons. The number of hydrogen-bond acceptors (Lipinski definition) is 3. The van der Waals surface area contributed by atoms with Gasteiger partial charge in [-0.3, -0.25) is 4.79 Å². The summed E-state index contributed by atoms with van der Waals surface area (Å²) in [6, 6.07) is 4.11. The molecule has 0 bridgehead atoms. The summed E-state index contributed by atoms with van der Waals surface area (Å²) in [6.07, 6.45) is 1.01. The quantitative estimate of drug-likeness (QED) is 0.783. The van der Waals surface area contributed by atoms with Crippen molar-refractivity contribution in [1.29, 1.82) is 0 Å². The number of benzene rings is 1. The molecule has 0 amide bonds. The van der Waals surface area contributed by atoms with Crippen LogP contribution in [0.5, 0.6) is 5.75 Å². The number of hydrogen-bond donors (Lipinski definition) is 1. The van der Waals surface area contributed by atoms with Crippen molar-refractivity contribution < 1.29 is 19.0 Å². The number of aliphatic hydroxyl groups is 1. The lowest BCUT2D eigenvalue weighted by atomic mass is 10.1. The summed E-state index contributed by atoms with van der Waals surface area (Å²) in [5.41, 5.74) is -0.880. The average Bonchev–Trinajstić information content (AvgIpc) is 2.27. The van der Waals surface area contributed by atoms with E-state index in [1.165, 1.54) is 18.2 Å². The molecule has 0 fully saturated rings. The van der Waals surface area contributed by atoms with E-state index in [9.17, 15) is 14.3 Å². The summed E-state index contributed by atoms with van der Waals surface area (Å²) in [5.74, 6) is -0.706. The summed E-state index contributed by atoms with van der Waals surface area (Å²) in [6.45, 7) is 3.34. The van der Waals surface area contributed by atoms with Crippen LogP contribution in [0.1, 0.15) is 30.6 Å². The minimum atomic E-state index is -1.03. The van der Waals surface area contributed by atoms with Crippen molar-refractivity contribution in [3.63, 3.8) is 0 Å². The fourth-order valence-electron chi connectivity index (χ4n) is 1.10. The summed E-state index contributed by atoms with van der Waals surface area (Å²) in [5, 5.41) is 9.70. The second kappa shape index (κ2) is 5.07. The maximum Gasteiger partial charge on any atom is 0.165 e. The Morgan fingerprint density at radius 2 is 2.25 bits per heavy atom. The van der Waals surface area contributed by atoms with Crippen LogP contribution < -0.4 is 4.74 Å². The molecule has 0 saturated heterocycles. The second-order valence-electron chi connectivity index (χ2n) is 3.92. The van der Waals surface area contributed by atoms with Crippen molar-refractivity contribution in [2.45, 2.75) is 25.9 Å². The molecular weight excluding hydrogens is 211 g/mol. The fourth-order valence-corrected chi connectivity index (χ4v) is 1.10. The number of carbonyl (C=O) groups is 1. The van der Waals surface area contributed by atoms with Crippen LogP contribution in [0, 0.1) is 5.82 Å². The number of ether oxygens (including phenoxy) is 1. The lowest BCUT2D eigenvalue weighted by Crippen LogP contribution is -2.31. The Hall–Kier alpha value is -1.42. The van der Waals surface area contributed by atoms with Gasteiger partial charge in [-0.1, -0.05) is 13.0 Å². The number of para-hydroxylation sites is 1. The third-order valence-electron chi connectivity index (χ3n) is 2.41. The van der Waals surface area contributed by atoms with E-state index < -0.39 is 11.4 Å². The van der Waals surface area contributed by atoms with E-state index in [-0.39, 0.29) is 17.9 Å². The molecule has 1 rings (SSSR count). The van der Waals surface area contributed by atoms with Crippen molar-refractivity contribution in [2.75, 3.05) is 6.61 Å². The first-order valence-electron chi connectivity index (χ1n) is 5.09. The van der Waals surface area contributed by atoms with Gasteiger partial charge in [0.1, 0.15) is 6.61 Å². The molecule has 0 spiro atoms. The van der Waals surface area contributed by atoms with E-state index in [0.29, 0.717) is 12.7 Å². The van der Waals surface area contributed by atoms with Gasteiger partial charge in [0.05, 0.1) is 11.2 Å². The van der Waals surface area contributed by atoms with E-state index in [4.69, 9.17) is 4.74 Å². The van der Waals surface area contributed by atoms with Crippen LogP contribution >= 0.6 is 0 Å². The lowest BCUT2D eigenvalue weighted by Gasteiger charge is -2.22. The number of carbonyl (C=O) groups excluding carboxylic acids is 1. The maximum atomic E-state index is 13.4. The van der Waals surface area contributed by atoms with Gasteiger partial charge in [0, 0.05) is 0 Å². The molecule has 1 aromatic rings. The van der Waals surface area contributed by atoms with Crippen LogP contribution in [0.3, 0.4) is 0 Å². The highest BCUT2D eigenvalue weighted by atomic mass is 19.1. The number of rotatable bonds is 5. The third kappa shape index (κ3) is 3.03. The Bertz CT molecular complexity index is 375. The Balaban J connectivity index is 2.84. The standard InChI is InChI=1S/C12H15FO3/c1-3-12(2,15)8-16-11-9(7-14)5-4-6-10(11)13/h4-7,15H,3,8H2,1-2H3. The van der Waals surface area contributed by atoms with Crippen LogP contribution in [-0.2, 0) is 0 Å². The molecule has 0 heterocycles. The molecule has 0 saturated carbocycles. The zero-order valence-electron chi connectivity index (χ0n) is 9.37. The summed E-state index contributed by atoms with van der Waals surface area (Å²) in [4.78, 5) is 10.7. The van der Waals surface area contributed by atoms with Crippen molar-refractivity contribution in [3.8, 4) is 5.75 Å². The van der Waals surface area contributed by atoms with Gasteiger partial charge >= 0.3 is 0 Å². The van der Waals surface area contributed by atoms with Gasteiger partial charge < -0.3 is 9.84 Å². The molecule has 0 aliphatic heterocycles. The SMILES string of the molecule is CCC(C)(O)COc1c(F)cccc1C=O. The Labute approximate surface area is 93.9 Å². The van der Waals surface area contributed by atoms with Gasteiger partial charge in [-0.2, -0.15) is 0 Å². The molecule has 1 N–H and O–H groups in total. The fraction of sp³-hybridized carbons (Fsp3) is 0.417. The van der Waals surface area contributed by atoms with Crippen molar-refractivity contribution >= 4 is 6.29 Å². The van der Waals surface area contributed by atoms with Gasteiger partial charge in [-0.25, -0.2) is 4.39 Å². The zero-order chi connectivity index (χ0) is 12.2. The molecule has 0 aliphatic rings. The zero-order valence-corrected chi connectivity index (χ0v) is 9.37. The van der Waals surface area contributed by atoms with Crippen molar-refractivity contribution in [1.82, 2.24) is 0 Å². The minimum Gasteiger partial charge on any atom is -0.487 e. The predicted molar refractivity (Wildman–Crippen MR) is 58.2 cm³/mol. The first kappa shape index (κ1) is 12.6. The smallest absolute Gasteiger partial charge is 0.165 e. The highest BCUT2D eigenvalue weighted by Crippen LogP contribution is 2.22. The van der Waals surface area contributed by atoms with Gasteiger partial charge in [0.15, 0.2) is 17.9 Å². The molecule has 1 atom stereocenters. The van der Waals surface area contributed by atoms with Crippen LogP contribution in [-0.4, -0.2) is 23.6 Å². The molecule has 4 heteroatoms. The maximum absolute atomic E-state index is 13.4. The van der Waals surface area contributed by atoms with E-state index >= 15 is 0 Å². The number of aldehydes is 1. The Kier molecular flexibility index (Phi) is 4.01. The predicted octanol–water partition coefficient (Wildman–Crippen LogP) is 2.18. The topological polar surface area (TPSA) is 46.5 Å². The summed E-state index contributed by atoms with van der Waals surface area (Å²) < 4.78 is 18.5. The molecular formula is C12H15FO3. The van der Waals surface area contributed by atoms with Crippen molar-refractivity contribution in [3.05, 3.63) is 29.6 Å². The Morgan fingerprint density at radius 3 is 2.81 bits per heavy atom. The molecule has 16 heavy (non-hydrogen) atoms. The number of halogens is 1. The molecule has 1 unspecified atom stereocenters. The van der Waals surface area contributed by atoms with Crippen LogP contribution in [0.15, 0.2) is 18.2 Å². The monoisotopic (exact) mass is 226 g/mol. The van der Waals surface area contributed by atoms with Gasteiger partial charge in [-0.15, -0.1) is 0 Å². The summed E-state index contributed by atoms with van der Waals surface area (Å²) >= 11 is 0. The van der Waals surface area contributed by atoms with Gasteiger partial charge in [-0.05, 0) is 25.5 Å². The van der Waals surface area contributed by atoms with Gasteiger partial charge in [0.2, 0.25) is 0 Å². The third-order valence-corrected chi connectivity index (χ3v) is 2.41. The second-order valence-corrected chi connectivity index (χ2v) is 3.92. The Morgan fingerprint density at radius 1 is 1.56 bits per heavy atom. The minimum absolute atomic E-state index is 0.0503. The highest BCUT2D eigenvalue weighted by molar-refractivity contribution is 5.79. The first-order valence-corrected chi connectivity index (χ1v) is 5.09. The van der Waals surface area contributed by atoms with Crippen LogP contribution in [0.25, 0.3) is 0 Å². The van der Waals surface area contributed by atoms with Gasteiger partial charge in [0.25, 0.3) is 0 Å². The van der Waals surface area contributed by atoms with Crippen molar-refractivity contribution in [2.24, 2.45) is 0 Å². The largest absolute Gasteiger partial charge is 0.487 e. The molecule has 3 nitrogen and oxygen atoms in total. The average molecular weight is 226 g/mol. The lowest BCUT2D eigenvalue weighted by molar-refractivity contribution is 0.00712. The van der Waals surface area contributed by atoms with E-state index in [1.807, 2.05) is 0 Å². The normalized spacial score (nSPS) is 14.2. The van der Waals surface area contributed by atoms with E-state index in [2.05, 4.69) is 0 Å². The highest BCUT2D eigenvalue weighted by Gasteiger charge is 2.20. The first-order chi connectivity index (χ1) is 7.50.